The lowest BCUT2D eigenvalue weighted by Gasteiger charge is -2.14. The predicted molar refractivity (Wildman–Crippen MR) is 169 cm³/mol. The summed E-state index contributed by atoms with van der Waals surface area (Å²) in [4.78, 5) is 0. The van der Waals surface area contributed by atoms with Gasteiger partial charge in [0, 0.05) is 15.4 Å². The van der Waals surface area contributed by atoms with Crippen molar-refractivity contribution < 1.29 is 0 Å². The first-order valence-electron chi connectivity index (χ1n) is 15.8. The van der Waals surface area contributed by atoms with E-state index in [2.05, 4.69) is 53.2 Å². The molecule has 2 heteroatoms. The molecule has 0 aliphatic heterocycles. The van der Waals surface area contributed by atoms with Crippen molar-refractivity contribution in [1.29, 1.82) is 0 Å². The van der Waals surface area contributed by atoms with E-state index in [1.165, 1.54) is 162 Å². The van der Waals surface area contributed by atoms with E-state index in [0.29, 0.717) is 5.92 Å². The van der Waals surface area contributed by atoms with Crippen LogP contribution in [0.25, 0.3) is 11.1 Å². The van der Waals surface area contributed by atoms with E-state index in [0.717, 1.165) is 5.02 Å². The summed E-state index contributed by atoms with van der Waals surface area (Å²) in [7, 11) is 0. The molecule has 0 N–H and O–H groups in total. The lowest BCUT2D eigenvalue weighted by atomic mass is 9.91. The molecule has 1 unspecified atom stereocenters. The van der Waals surface area contributed by atoms with Crippen LogP contribution in [0.1, 0.15) is 159 Å². The van der Waals surface area contributed by atoms with Gasteiger partial charge in [-0.05, 0) is 52.9 Å². The molecule has 206 valence electrons. The fraction of sp³-hybridized carbons (Fsp3) is 0.657. The molecular formula is C35H52BrCl. The molecule has 37 heavy (non-hydrogen) atoms. The third kappa shape index (κ3) is 11.1. The van der Waals surface area contributed by atoms with Crippen molar-refractivity contribution in [2.75, 3.05) is 0 Å². The predicted octanol–water partition coefficient (Wildman–Crippen LogP) is 13.4. The second-order valence-electron chi connectivity index (χ2n) is 11.5. The molecule has 0 saturated heterocycles. The molecule has 1 atom stereocenters. The van der Waals surface area contributed by atoms with Crippen molar-refractivity contribution in [2.45, 2.75) is 148 Å². The van der Waals surface area contributed by atoms with Gasteiger partial charge in [-0.1, -0.05) is 175 Å². The smallest absolute Gasteiger partial charge is 0.0409 e. The van der Waals surface area contributed by atoms with Crippen LogP contribution in [-0.4, -0.2) is 0 Å². The number of halogens is 2. The summed E-state index contributed by atoms with van der Waals surface area (Å²) in [6, 6.07) is 13.2. The van der Waals surface area contributed by atoms with Crippen LogP contribution in [0.5, 0.6) is 0 Å². The molecule has 3 rings (SSSR count). The van der Waals surface area contributed by atoms with E-state index in [1.807, 2.05) is 6.07 Å². The van der Waals surface area contributed by atoms with Gasteiger partial charge in [-0.25, -0.2) is 0 Å². The van der Waals surface area contributed by atoms with E-state index < -0.39 is 0 Å². The Hall–Kier alpha value is -0.790. The average Bonchev–Trinajstić information content (AvgIpc) is 3.19. The molecule has 0 bridgehead atoms. The molecule has 0 nitrogen and oxygen atoms in total. The van der Waals surface area contributed by atoms with Crippen molar-refractivity contribution >= 4 is 27.5 Å². The van der Waals surface area contributed by atoms with Crippen molar-refractivity contribution in [3.63, 3.8) is 0 Å². The minimum Gasteiger partial charge on any atom is -0.0843 e. The van der Waals surface area contributed by atoms with E-state index in [1.54, 1.807) is 0 Å². The molecule has 0 aromatic heterocycles. The highest BCUT2D eigenvalue weighted by Crippen LogP contribution is 2.48. The third-order valence-corrected chi connectivity index (χ3v) is 9.14. The normalized spacial score (nSPS) is 14.2. The second-order valence-corrected chi connectivity index (χ2v) is 12.9. The monoisotopic (exact) mass is 586 g/mol. The van der Waals surface area contributed by atoms with Crippen LogP contribution in [0.4, 0.5) is 0 Å². The summed E-state index contributed by atoms with van der Waals surface area (Å²) in [5.41, 5.74) is 5.68. The summed E-state index contributed by atoms with van der Waals surface area (Å²) in [6.45, 7) is 2.30. The van der Waals surface area contributed by atoms with Crippen LogP contribution in [0.15, 0.2) is 40.9 Å². The van der Waals surface area contributed by atoms with Crippen LogP contribution in [0, 0.1) is 0 Å². The zero-order chi connectivity index (χ0) is 26.1. The van der Waals surface area contributed by atoms with Gasteiger partial charge in [-0.15, -0.1) is 0 Å². The Balaban J connectivity index is 1.15. The number of hydrogen-bond acceptors (Lipinski definition) is 0. The van der Waals surface area contributed by atoms with Gasteiger partial charge < -0.3 is 0 Å². The Morgan fingerprint density at radius 2 is 0.946 bits per heavy atom. The van der Waals surface area contributed by atoms with Gasteiger partial charge in [0.15, 0.2) is 0 Å². The fourth-order valence-electron chi connectivity index (χ4n) is 6.22. The molecule has 2 aromatic rings. The molecule has 0 saturated carbocycles. The Bertz CT molecular complexity index is 837. The largest absolute Gasteiger partial charge is 0.0843 e. The summed E-state index contributed by atoms with van der Waals surface area (Å²) in [6.07, 6.45) is 29.9. The van der Waals surface area contributed by atoms with Gasteiger partial charge in [0.05, 0.1) is 0 Å². The SMILES string of the molecule is CCCCCCCCCCCCCCCCCCCCCCC1c2cc(Cl)ccc2-c2ccc(Br)cc21. The highest BCUT2D eigenvalue weighted by Gasteiger charge is 2.28. The molecule has 1 aliphatic rings. The van der Waals surface area contributed by atoms with Crippen LogP contribution < -0.4 is 0 Å². The topological polar surface area (TPSA) is 0 Å². The van der Waals surface area contributed by atoms with Crippen LogP contribution >= 0.6 is 27.5 Å². The Morgan fingerprint density at radius 3 is 1.43 bits per heavy atom. The van der Waals surface area contributed by atoms with E-state index in [9.17, 15) is 0 Å². The first kappa shape index (κ1) is 30.7. The highest BCUT2D eigenvalue weighted by atomic mass is 79.9. The Labute approximate surface area is 242 Å². The number of unbranched alkanes of at least 4 members (excludes halogenated alkanes) is 19. The van der Waals surface area contributed by atoms with Crippen molar-refractivity contribution in [2.24, 2.45) is 0 Å². The van der Waals surface area contributed by atoms with E-state index >= 15 is 0 Å². The molecule has 2 aromatic carbocycles. The van der Waals surface area contributed by atoms with Crippen LogP contribution in [-0.2, 0) is 0 Å². The standard InChI is InChI=1S/C35H52BrCl/c1-2-3-4-5-6-7-8-9-10-11-12-13-14-15-16-17-18-19-20-21-22-31-34-27-29(36)23-25-32(34)33-26-24-30(37)28-35(31)33/h23-28,31H,2-22H2,1H3. The average molecular weight is 588 g/mol. The maximum atomic E-state index is 6.37. The summed E-state index contributed by atoms with van der Waals surface area (Å²) in [5, 5.41) is 0.860. The van der Waals surface area contributed by atoms with Gasteiger partial charge in [-0.2, -0.15) is 0 Å². The minimum absolute atomic E-state index is 0.497. The molecule has 0 fully saturated rings. The van der Waals surface area contributed by atoms with Gasteiger partial charge in [0.1, 0.15) is 0 Å². The van der Waals surface area contributed by atoms with Gasteiger partial charge in [0.2, 0.25) is 0 Å². The van der Waals surface area contributed by atoms with Crippen molar-refractivity contribution in [3.05, 3.63) is 57.0 Å². The first-order valence-corrected chi connectivity index (χ1v) is 17.0. The number of fused-ring (bicyclic) bond motifs is 3. The maximum absolute atomic E-state index is 6.37. The quantitative estimate of drug-likeness (QED) is 0.127. The zero-order valence-electron chi connectivity index (χ0n) is 23.6. The number of benzene rings is 2. The summed E-state index contributed by atoms with van der Waals surface area (Å²) >= 11 is 10.1. The number of hydrogen-bond donors (Lipinski definition) is 0. The van der Waals surface area contributed by atoms with Gasteiger partial charge >= 0.3 is 0 Å². The minimum atomic E-state index is 0.497. The molecule has 0 radical (unpaired) electrons. The molecule has 1 aliphatic carbocycles. The van der Waals surface area contributed by atoms with Crippen molar-refractivity contribution in [1.82, 2.24) is 0 Å². The van der Waals surface area contributed by atoms with Gasteiger partial charge in [0.25, 0.3) is 0 Å². The summed E-state index contributed by atoms with van der Waals surface area (Å²) in [5.74, 6) is 0.497. The van der Waals surface area contributed by atoms with Crippen LogP contribution in [0.2, 0.25) is 5.02 Å². The van der Waals surface area contributed by atoms with E-state index in [4.69, 9.17) is 11.6 Å². The molecule has 0 amide bonds. The Kier molecular flexibility index (Phi) is 15.4. The zero-order valence-corrected chi connectivity index (χ0v) is 26.0. The lowest BCUT2D eigenvalue weighted by Crippen LogP contribution is -1.97. The Morgan fingerprint density at radius 1 is 0.541 bits per heavy atom. The highest BCUT2D eigenvalue weighted by molar-refractivity contribution is 9.10. The van der Waals surface area contributed by atoms with Crippen LogP contribution in [0.3, 0.4) is 0 Å². The molecule has 0 heterocycles. The van der Waals surface area contributed by atoms with E-state index in [-0.39, 0.29) is 0 Å². The first-order chi connectivity index (χ1) is 18.2. The third-order valence-electron chi connectivity index (χ3n) is 8.41. The maximum Gasteiger partial charge on any atom is 0.0409 e. The summed E-state index contributed by atoms with van der Waals surface area (Å²) < 4.78 is 1.18. The second kappa shape index (κ2) is 18.5. The molecule has 0 spiro atoms. The lowest BCUT2D eigenvalue weighted by molar-refractivity contribution is 0.518. The number of rotatable bonds is 21. The molecular weight excluding hydrogens is 536 g/mol. The van der Waals surface area contributed by atoms with Crippen molar-refractivity contribution in [3.8, 4) is 11.1 Å². The van der Waals surface area contributed by atoms with Gasteiger partial charge in [-0.3, -0.25) is 0 Å². The fourth-order valence-corrected chi connectivity index (χ4v) is 6.78.